The van der Waals surface area contributed by atoms with Crippen LogP contribution >= 0.6 is 22.4 Å². The first-order chi connectivity index (χ1) is 11.4. The van der Waals surface area contributed by atoms with Crippen LogP contribution in [-0.4, -0.2) is 57.0 Å². The Bertz CT molecular complexity index is 697. The van der Waals surface area contributed by atoms with Crippen molar-refractivity contribution in [2.24, 2.45) is 17.6 Å². The van der Waals surface area contributed by atoms with Crippen LogP contribution in [0.5, 0.6) is 0 Å². The van der Waals surface area contributed by atoms with E-state index in [0.717, 1.165) is 18.8 Å². The number of carbonyl (C=O) groups is 1. The number of hydrogen-bond acceptors (Lipinski definition) is 6. The van der Waals surface area contributed by atoms with Gasteiger partial charge in [-0.15, -0.1) is 0 Å². The van der Waals surface area contributed by atoms with Gasteiger partial charge in [0.15, 0.2) is 0 Å². The molecule has 2 saturated heterocycles. The lowest BCUT2D eigenvalue weighted by Crippen LogP contribution is -2.32. The molecule has 1 aromatic carbocycles. The van der Waals surface area contributed by atoms with Crippen LogP contribution < -0.4 is 10.6 Å². The van der Waals surface area contributed by atoms with E-state index in [2.05, 4.69) is 4.90 Å². The predicted octanol–water partition coefficient (Wildman–Crippen LogP) is 1.85. The van der Waals surface area contributed by atoms with E-state index in [1.165, 1.54) is 0 Å². The molecule has 0 spiro atoms. The summed E-state index contributed by atoms with van der Waals surface area (Å²) in [6.45, 7) is 2.99. The van der Waals surface area contributed by atoms with Crippen LogP contribution in [0.4, 0.5) is 10.5 Å². The Morgan fingerprint density at radius 1 is 1.17 bits per heavy atom. The molecule has 2 aliphatic rings. The number of likely N-dealkylation sites (tertiary alicyclic amines) is 1. The minimum absolute atomic E-state index is 0.0317. The van der Waals surface area contributed by atoms with E-state index in [-0.39, 0.29) is 17.5 Å². The molecular weight excluding hydrogens is 370 g/mol. The fourth-order valence-corrected chi connectivity index (χ4v) is 5.83. The minimum Gasteiger partial charge on any atom is -0.371 e. The van der Waals surface area contributed by atoms with Gasteiger partial charge < -0.3 is 15.5 Å². The number of hydrogen-bond donors (Lipinski definition) is 1. The van der Waals surface area contributed by atoms with Crippen LogP contribution in [0.15, 0.2) is 24.3 Å². The maximum absolute atomic E-state index is 12.2. The van der Waals surface area contributed by atoms with E-state index >= 15 is 0 Å². The highest BCUT2D eigenvalue weighted by molar-refractivity contribution is 8.77. The number of amides is 1. The Hall–Kier alpha value is -0.960. The third-order valence-electron chi connectivity index (χ3n) is 4.50. The van der Waals surface area contributed by atoms with Gasteiger partial charge in [-0.2, -0.15) is 0 Å². The molecule has 2 heterocycles. The summed E-state index contributed by atoms with van der Waals surface area (Å²) in [6.07, 6.45) is 0. The summed E-state index contributed by atoms with van der Waals surface area (Å²) in [5.41, 5.74) is 6.40. The van der Waals surface area contributed by atoms with E-state index in [1.807, 2.05) is 24.3 Å². The number of halogens is 1. The molecule has 0 saturated carbocycles. The van der Waals surface area contributed by atoms with Crippen molar-refractivity contribution in [2.45, 2.75) is 0 Å². The Morgan fingerprint density at radius 2 is 1.75 bits per heavy atom. The number of benzene rings is 1. The fraction of sp³-hybridized carbons (Fsp3) is 0.533. The molecule has 3 rings (SSSR count). The molecule has 0 aromatic heterocycles. The summed E-state index contributed by atoms with van der Waals surface area (Å²) < 4.78 is 23.5. The van der Waals surface area contributed by atoms with Crippen molar-refractivity contribution in [3.05, 3.63) is 29.3 Å². The summed E-state index contributed by atoms with van der Waals surface area (Å²) >= 11 is 5.92. The van der Waals surface area contributed by atoms with Crippen molar-refractivity contribution in [1.29, 1.82) is 0 Å². The molecule has 0 unspecified atom stereocenters. The monoisotopic (exact) mass is 389 g/mol. The lowest BCUT2D eigenvalue weighted by molar-refractivity contribution is 0.231. The van der Waals surface area contributed by atoms with E-state index in [4.69, 9.17) is 17.3 Å². The topological polar surface area (TPSA) is 83.7 Å². The number of carbonyl (C=O) groups excluding carboxylic acids is 1. The summed E-state index contributed by atoms with van der Waals surface area (Å²) in [6, 6.07) is 7.75. The van der Waals surface area contributed by atoms with Crippen molar-refractivity contribution < 1.29 is 13.2 Å². The van der Waals surface area contributed by atoms with Crippen LogP contribution in [0.1, 0.15) is 0 Å². The van der Waals surface area contributed by atoms with Crippen LogP contribution in [0.3, 0.4) is 0 Å². The van der Waals surface area contributed by atoms with Gasteiger partial charge in [-0.1, -0.05) is 11.6 Å². The van der Waals surface area contributed by atoms with Crippen LogP contribution in [0, 0.1) is 11.8 Å². The zero-order valence-corrected chi connectivity index (χ0v) is 15.5. The second-order valence-corrected chi connectivity index (χ2v) is 10.7. The van der Waals surface area contributed by atoms with Gasteiger partial charge >= 0.3 is 0 Å². The van der Waals surface area contributed by atoms with Crippen LogP contribution in [0.25, 0.3) is 0 Å². The van der Waals surface area contributed by atoms with Crippen molar-refractivity contribution in [2.75, 3.05) is 43.4 Å². The first-order valence-corrected chi connectivity index (χ1v) is 11.2. The first kappa shape index (κ1) is 17.8. The highest BCUT2D eigenvalue weighted by Crippen LogP contribution is 2.35. The molecule has 6 nitrogen and oxygen atoms in total. The molecule has 1 amide bonds. The lowest BCUT2D eigenvalue weighted by Gasteiger charge is -2.23. The third-order valence-corrected chi connectivity index (χ3v) is 7.83. The SMILES string of the molecule is NCCS(=O)(=O)SC(=O)N1C[C@@H]2CN(c3ccc(Cl)cc3)C[C@@H]2C1. The fourth-order valence-electron chi connectivity index (χ4n) is 3.35. The smallest absolute Gasteiger partial charge is 0.296 e. The molecule has 132 valence electrons. The standard InChI is InChI=1S/C15H20ClN3O3S2/c16-13-1-3-14(4-2-13)18-7-11-9-19(10-12(11)8-18)15(20)23-24(21,22)6-5-17/h1-4,11-12H,5-10,17H2/t11-,12+. The molecule has 2 N–H and O–H groups in total. The molecule has 24 heavy (non-hydrogen) atoms. The van der Waals surface area contributed by atoms with Crippen LogP contribution in [-0.2, 0) is 8.87 Å². The number of anilines is 1. The van der Waals surface area contributed by atoms with E-state index in [1.54, 1.807) is 4.90 Å². The summed E-state index contributed by atoms with van der Waals surface area (Å²) in [5.74, 6) is 0.582. The molecule has 0 bridgehead atoms. The van der Waals surface area contributed by atoms with E-state index in [0.29, 0.717) is 40.7 Å². The van der Waals surface area contributed by atoms with Gasteiger partial charge in [0.05, 0.1) is 16.5 Å². The van der Waals surface area contributed by atoms with Crippen molar-refractivity contribution in [3.8, 4) is 0 Å². The summed E-state index contributed by atoms with van der Waals surface area (Å²) in [5, 5.41) is 0.335. The zero-order chi connectivity index (χ0) is 17.3. The second kappa shape index (κ2) is 7.11. The minimum atomic E-state index is -3.47. The Morgan fingerprint density at radius 3 is 2.29 bits per heavy atom. The maximum Gasteiger partial charge on any atom is 0.296 e. The number of fused-ring (bicyclic) bond motifs is 1. The average molecular weight is 390 g/mol. The summed E-state index contributed by atoms with van der Waals surface area (Å²) in [4.78, 5) is 16.2. The highest BCUT2D eigenvalue weighted by atomic mass is 35.5. The Balaban J connectivity index is 1.57. The molecule has 2 atom stereocenters. The Labute approximate surface area is 150 Å². The van der Waals surface area contributed by atoms with Gasteiger partial charge in [0.1, 0.15) is 0 Å². The van der Waals surface area contributed by atoms with Gasteiger partial charge in [-0.25, -0.2) is 8.42 Å². The van der Waals surface area contributed by atoms with Gasteiger partial charge in [0.25, 0.3) is 5.24 Å². The summed E-state index contributed by atoms with van der Waals surface area (Å²) in [7, 11) is -3.06. The number of nitrogens with two attached hydrogens (primary N) is 1. The quantitative estimate of drug-likeness (QED) is 0.791. The maximum atomic E-state index is 12.2. The molecule has 9 heteroatoms. The number of rotatable bonds is 4. The van der Waals surface area contributed by atoms with Gasteiger partial charge in [-0.3, -0.25) is 4.79 Å². The molecule has 0 aliphatic carbocycles. The van der Waals surface area contributed by atoms with E-state index in [9.17, 15) is 13.2 Å². The van der Waals surface area contributed by atoms with Crippen molar-refractivity contribution >= 4 is 42.2 Å². The predicted molar refractivity (Wildman–Crippen MR) is 98.0 cm³/mol. The zero-order valence-electron chi connectivity index (χ0n) is 13.1. The number of nitrogens with zero attached hydrogens (tertiary/aromatic N) is 2. The molecular formula is C15H20ClN3O3S2. The largest absolute Gasteiger partial charge is 0.371 e. The van der Waals surface area contributed by atoms with E-state index < -0.39 is 8.87 Å². The average Bonchev–Trinajstić information content (AvgIpc) is 3.06. The van der Waals surface area contributed by atoms with Gasteiger partial charge in [0.2, 0.25) is 8.87 Å². The second-order valence-electron chi connectivity index (χ2n) is 6.21. The van der Waals surface area contributed by atoms with Gasteiger partial charge in [-0.05, 0) is 24.3 Å². The highest BCUT2D eigenvalue weighted by Gasteiger charge is 2.42. The molecule has 2 fully saturated rings. The lowest BCUT2D eigenvalue weighted by atomic mass is 10.0. The van der Waals surface area contributed by atoms with Crippen molar-refractivity contribution in [1.82, 2.24) is 4.90 Å². The third kappa shape index (κ3) is 3.99. The van der Waals surface area contributed by atoms with Crippen LogP contribution in [0.2, 0.25) is 5.02 Å². The molecule has 0 radical (unpaired) electrons. The van der Waals surface area contributed by atoms with Crippen molar-refractivity contribution in [3.63, 3.8) is 0 Å². The Kier molecular flexibility index (Phi) is 5.29. The first-order valence-electron chi connectivity index (χ1n) is 7.79. The normalized spacial score (nSPS) is 23.6. The molecule has 1 aromatic rings. The van der Waals surface area contributed by atoms with Gasteiger partial charge in [0, 0.05) is 55.3 Å². The molecule has 2 aliphatic heterocycles.